The van der Waals surface area contributed by atoms with Gasteiger partial charge in [0.05, 0.1) is 50.6 Å². The summed E-state index contributed by atoms with van der Waals surface area (Å²) in [6, 6.07) is 75.8. The lowest BCUT2D eigenvalue weighted by molar-refractivity contribution is -0.196. The van der Waals surface area contributed by atoms with Crippen molar-refractivity contribution in [1.29, 1.82) is 0 Å². The summed E-state index contributed by atoms with van der Waals surface area (Å²) in [6.07, 6.45) is 5.08. The van der Waals surface area contributed by atoms with Crippen molar-refractivity contribution in [3.8, 4) is 23.0 Å². The number of amides is 2. The molecule has 4 aliphatic rings. The Morgan fingerprint density at radius 1 is 0.338 bits per heavy atom. The Kier molecular flexibility index (Phi) is 15.1. The summed E-state index contributed by atoms with van der Waals surface area (Å²) in [6.45, 7) is 2.12. The fraction of sp³-hybridized carbons (Fsp3) is 0.286. The number of nitrogens with one attached hydrogen (secondary N) is 4. The predicted octanol–water partition coefficient (Wildman–Crippen LogP) is 12.4. The van der Waals surface area contributed by atoms with E-state index in [1.54, 1.807) is 40.6 Å². The zero-order chi connectivity index (χ0) is 55.3. The summed E-state index contributed by atoms with van der Waals surface area (Å²) in [4.78, 5) is 29.6. The number of benzene rings is 8. The van der Waals surface area contributed by atoms with Crippen LogP contribution in [0.3, 0.4) is 0 Å². The number of carbonyl (C=O) groups is 2. The molecule has 0 saturated heterocycles. The molecule has 0 aliphatic heterocycles. The molecule has 0 radical (unpaired) electrons. The largest absolute Gasteiger partial charge is 0.493 e. The van der Waals surface area contributed by atoms with E-state index in [1.165, 1.54) is 0 Å². The van der Waals surface area contributed by atoms with Crippen LogP contribution in [0.15, 0.2) is 218 Å². The first-order chi connectivity index (χ1) is 39.1. The maximum absolute atomic E-state index is 14.8. The Balaban J connectivity index is 1.07. The van der Waals surface area contributed by atoms with Gasteiger partial charge in [-0.2, -0.15) is 0 Å². The predicted molar refractivity (Wildman–Crippen MR) is 316 cm³/mol. The molecule has 0 atom stereocenters. The molecule has 0 unspecified atom stereocenters. The van der Waals surface area contributed by atoms with Gasteiger partial charge in [0, 0.05) is 26.2 Å². The van der Waals surface area contributed by atoms with Gasteiger partial charge in [0.2, 0.25) is 0 Å². The van der Waals surface area contributed by atoms with Gasteiger partial charge < -0.3 is 29.6 Å². The average molecular weight is 1070 g/mol. The van der Waals surface area contributed by atoms with Crippen molar-refractivity contribution in [3.05, 3.63) is 263 Å². The quantitative estimate of drug-likeness (QED) is 0.0496. The minimum absolute atomic E-state index is 0.226. The normalized spacial score (nSPS) is 21.1. The number of hydrogen-bond donors (Lipinski definition) is 4. The molecule has 4 aliphatic carbocycles. The third-order valence-corrected chi connectivity index (χ3v) is 17.7. The van der Waals surface area contributed by atoms with E-state index in [1.807, 2.05) is 24.3 Å². The van der Waals surface area contributed by atoms with Gasteiger partial charge in [-0.1, -0.05) is 194 Å². The SMILES string of the molecule is COc1cccc(C(=O)NCC23CC4(CNC(=O)c5cccc(OC)c5OC)CC(CNC(c5ccccc5)(c5ccccc5)c5ccccc5)(C2)CC(CNC(c2ccccc2)(c2ccccc2)c2ccccc2)(C3)C4)c1OC. The zero-order valence-corrected chi connectivity index (χ0v) is 46.3. The summed E-state index contributed by atoms with van der Waals surface area (Å²) in [5.74, 6) is 1.32. The molecule has 10 nitrogen and oxygen atoms in total. The fourth-order valence-electron chi connectivity index (χ4n) is 15.5. The van der Waals surface area contributed by atoms with Crippen molar-refractivity contribution in [2.45, 2.75) is 49.6 Å². The topological polar surface area (TPSA) is 119 Å². The van der Waals surface area contributed by atoms with Crippen LogP contribution in [0, 0.1) is 21.7 Å². The highest BCUT2D eigenvalue weighted by Gasteiger charge is 2.68. The van der Waals surface area contributed by atoms with Crippen molar-refractivity contribution in [1.82, 2.24) is 21.3 Å². The average Bonchev–Trinajstić information content (AvgIpc) is 3.33. The summed E-state index contributed by atoms with van der Waals surface area (Å²) in [5.41, 5.74) is 4.67. The smallest absolute Gasteiger partial charge is 0.255 e. The Bertz CT molecular complexity index is 2970. The van der Waals surface area contributed by atoms with Gasteiger partial charge in [-0.15, -0.1) is 0 Å². The monoisotopic (exact) mass is 1060 g/mol. The van der Waals surface area contributed by atoms with Crippen molar-refractivity contribution in [3.63, 3.8) is 0 Å². The molecule has 0 spiro atoms. The first-order valence-corrected chi connectivity index (χ1v) is 27.9. The van der Waals surface area contributed by atoms with Crippen LogP contribution in [0.5, 0.6) is 23.0 Å². The van der Waals surface area contributed by atoms with E-state index < -0.39 is 21.9 Å². The second-order valence-corrected chi connectivity index (χ2v) is 22.9. The Morgan fingerprint density at radius 3 is 0.825 bits per heavy atom. The zero-order valence-electron chi connectivity index (χ0n) is 46.3. The van der Waals surface area contributed by atoms with Gasteiger partial charge in [0.1, 0.15) is 0 Å². The molecule has 0 aromatic heterocycles. The van der Waals surface area contributed by atoms with Crippen LogP contribution in [-0.2, 0) is 11.1 Å². The summed E-state index contributed by atoms with van der Waals surface area (Å²) in [5, 5.41) is 15.9. The minimum atomic E-state index is -0.740. The van der Waals surface area contributed by atoms with Crippen molar-refractivity contribution in [2.24, 2.45) is 21.7 Å². The van der Waals surface area contributed by atoms with E-state index in [0.29, 0.717) is 60.3 Å². The molecule has 408 valence electrons. The third-order valence-electron chi connectivity index (χ3n) is 17.7. The van der Waals surface area contributed by atoms with Crippen LogP contribution in [0.1, 0.15) is 92.6 Å². The molecule has 8 aromatic carbocycles. The van der Waals surface area contributed by atoms with Crippen LogP contribution in [0.2, 0.25) is 0 Å². The van der Waals surface area contributed by atoms with Gasteiger partial charge in [-0.25, -0.2) is 0 Å². The fourth-order valence-corrected chi connectivity index (χ4v) is 15.5. The van der Waals surface area contributed by atoms with E-state index in [2.05, 4.69) is 203 Å². The molecular formula is C70H72N4O6. The van der Waals surface area contributed by atoms with Crippen LogP contribution in [0.25, 0.3) is 0 Å². The molecule has 80 heavy (non-hydrogen) atoms. The second-order valence-electron chi connectivity index (χ2n) is 22.9. The lowest BCUT2D eigenvalue weighted by Gasteiger charge is -2.71. The van der Waals surface area contributed by atoms with E-state index in [0.717, 1.165) is 71.9 Å². The molecule has 8 aromatic rings. The van der Waals surface area contributed by atoms with Crippen LogP contribution in [0.4, 0.5) is 0 Å². The number of ether oxygens (including phenoxy) is 4. The molecule has 12 rings (SSSR count). The van der Waals surface area contributed by atoms with E-state index in [4.69, 9.17) is 18.9 Å². The Hall–Kier alpha value is -8.18. The maximum Gasteiger partial charge on any atom is 0.255 e. The summed E-state index contributed by atoms with van der Waals surface area (Å²) >= 11 is 0. The Morgan fingerprint density at radius 2 is 0.588 bits per heavy atom. The highest BCUT2D eigenvalue weighted by molar-refractivity contribution is 5.98. The Labute approximate surface area is 471 Å². The molecule has 0 heterocycles. The standard InChI is InChI=1S/C70H72N4O6/c1-77-59-39-23-37-57(61(59)79-3)63(75)71-47-65-41-66(48-72-64(76)58-38-24-40-60(78-2)62(58)80-4)44-67(42-65,49-73-69(51-25-11-5-12-26-51,52-27-13-6-14-28-52)53-29-15-7-16-30-53)46-68(43-65,45-66)50-74-70(54-31-17-8-18-32-54,55-33-19-9-20-34-55)56-35-21-10-22-36-56/h5-40,73-74H,41-50H2,1-4H3,(H,71,75)(H,72,76). The van der Waals surface area contributed by atoms with Gasteiger partial charge in [-0.3, -0.25) is 20.2 Å². The summed E-state index contributed by atoms with van der Waals surface area (Å²) < 4.78 is 23.0. The first kappa shape index (κ1) is 53.8. The first-order valence-electron chi connectivity index (χ1n) is 27.9. The molecule has 4 bridgehead atoms. The van der Waals surface area contributed by atoms with Gasteiger partial charge in [0.25, 0.3) is 11.8 Å². The van der Waals surface area contributed by atoms with Gasteiger partial charge >= 0.3 is 0 Å². The van der Waals surface area contributed by atoms with Crippen molar-refractivity contribution < 1.29 is 28.5 Å². The lowest BCUT2D eigenvalue weighted by Crippen LogP contribution is -2.69. The van der Waals surface area contributed by atoms with Crippen LogP contribution < -0.4 is 40.2 Å². The minimum Gasteiger partial charge on any atom is -0.493 e. The second kappa shape index (κ2) is 22.5. The maximum atomic E-state index is 14.8. The van der Waals surface area contributed by atoms with Crippen molar-refractivity contribution >= 4 is 11.8 Å². The molecule has 4 saturated carbocycles. The molecular weight excluding hydrogens is 993 g/mol. The van der Waals surface area contributed by atoms with E-state index in [-0.39, 0.29) is 22.6 Å². The van der Waals surface area contributed by atoms with Gasteiger partial charge in [-0.05, 0) is 118 Å². The highest BCUT2D eigenvalue weighted by Crippen LogP contribution is 2.74. The number of carbonyl (C=O) groups excluding carboxylic acids is 2. The lowest BCUT2D eigenvalue weighted by atomic mass is 9.35. The van der Waals surface area contributed by atoms with Crippen molar-refractivity contribution in [2.75, 3.05) is 54.6 Å². The van der Waals surface area contributed by atoms with Crippen LogP contribution >= 0.6 is 0 Å². The van der Waals surface area contributed by atoms with E-state index in [9.17, 15) is 9.59 Å². The molecule has 4 fully saturated rings. The number of rotatable bonds is 22. The third kappa shape index (κ3) is 10.0. The molecule has 10 heteroatoms. The number of hydrogen-bond acceptors (Lipinski definition) is 8. The highest BCUT2D eigenvalue weighted by atomic mass is 16.5. The van der Waals surface area contributed by atoms with Gasteiger partial charge in [0.15, 0.2) is 23.0 Å². The molecule has 4 N–H and O–H groups in total. The van der Waals surface area contributed by atoms with E-state index >= 15 is 0 Å². The number of para-hydroxylation sites is 2. The summed E-state index contributed by atoms with van der Waals surface area (Å²) in [7, 11) is 6.31. The van der Waals surface area contributed by atoms with Crippen LogP contribution in [-0.4, -0.2) is 66.4 Å². The molecule has 2 amide bonds. The number of methoxy groups -OCH3 is 4.